The van der Waals surface area contributed by atoms with Gasteiger partial charge in [0.05, 0.1) is 19.0 Å². The summed E-state index contributed by atoms with van der Waals surface area (Å²) in [5, 5.41) is 15.8. The van der Waals surface area contributed by atoms with Gasteiger partial charge in [0.1, 0.15) is 24.0 Å². The molecule has 13 nitrogen and oxygen atoms in total. The van der Waals surface area contributed by atoms with Crippen LogP contribution in [0, 0.1) is 12.3 Å². The van der Waals surface area contributed by atoms with Crippen molar-refractivity contribution in [1.82, 2.24) is 24.6 Å². The van der Waals surface area contributed by atoms with E-state index < -0.39 is 49.4 Å². The van der Waals surface area contributed by atoms with Gasteiger partial charge in [0, 0.05) is 19.5 Å². The molecule has 5 rings (SSSR count). The van der Waals surface area contributed by atoms with Gasteiger partial charge < -0.3 is 34.3 Å². The molecular weight excluding hydrogens is 636 g/mol. The van der Waals surface area contributed by atoms with Crippen molar-refractivity contribution in [3.05, 3.63) is 48.8 Å². The number of alkyl halides is 1. The number of hydrogen-bond donors (Lipinski definition) is 3. The fourth-order valence-corrected chi connectivity index (χ4v) is 7.42. The van der Waals surface area contributed by atoms with Gasteiger partial charge in [-0.3, -0.25) is 9.36 Å². The minimum Gasteiger partial charge on any atom is -0.462 e. The molecule has 16 heteroatoms. The normalized spacial score (nSPS) is 23.2. The monoisotopic (exact) mass is 671 g/mol. The largest absolute Gasteiger partial charge is 0.462 e. The molecule has 1 saturated heterocycles. The van der Waals surface area contributed by atoms with Crippen LogP contribution in [0.2, 0.25) is 0 Å². The fourth-order valence-electron chi connectivity index (χ4n) is 5.00. The Morgan fingerprint density at radius 2 is 2.00 bits per heavy atom. The van der Waals surface area contributed by atoms with Gasteiger partial charge in [0.15, 0.2) is 23.2 Å². The SMILES string of the molecule is C#C[C@@]1(F)[C@H](O)[C@@H](COP(=S)(N[C@@H](C)C(=O)OC(C)C)Oc2cccc3ccccc23)O[C@H]1n1cnc2c(N(C)C)nc(N)nc21. The molecule has 6 atom stereocenters. The zero-order chi connectivity index (χ0) is 33.4. The Kier molecular flexibility index (Phi) is 9.51. The van der Waals surface area contributed by atoms with E-state index in [9.17, 15) is 9.90 Å². The number of nitrogens with two attached hydrogens (primary N) is 1. The number of anilines is 2. The molecule has 1 aliphatic heterocycles. The van der Waals surface area contributed by atoms with Crippen LogP contribution >= 0.6 is 6.64 Å². The van der Waals surface area contributed by atoms with E-state index in [1.165, 1.54) is 10.9 Å². The summed E-state index contributed by atoms with van der Waals surface area (Å²) in [6.07, 6.45) is 1.80. The molecule has 1 fully saturated rings. The van der Waals surface area contributed by atoms with Crippen molar-refractivity contribution < 1.29 is 32.8 Å². The van der Waals surface area contributed by atoms with Gasteiger partial charge in [-0.2, -0.15) is 9.97 Å². The highest BCUT2D eigenvalue weighted by Crippen LogP contribution is 2.49. The lowest BCUT2D eigenvalue weighted by Gasteiger charge is -2.28. The summed E-state index contributed by atoms with van der Waals surface area (Å²) in [5.74, 6) is 2.18. The number of aliphatic hydroxyl groups excluding tert-OH is 1. The van der Waals surface area contributed by atoms with Gasteiger partial charge >= 0.3 is 12.6 Å². The summed E-state index contributed by atoms with van der Waals surface area (Å²) >= 11 is 5.87. The van der Waals surface area contributed by atoms with Crippen molar-refractivity contribution in [2.24, 2.45) is 0 Å². The topological polar surface area (TPSA) is 159 Å². The van der Waals surface area contributed by atoms with E-state index >= 15 is 4.39 Å². The summed E-state index contributed by atoms with van der Waals surface area (Å²) in [4.78, 5) is 27.1. The second-order valence-corrected chi connectivity index (χ2v) is 14.3. The molecule has 0 saturated carbocycles. The number of esters is 1. The molecule has 244 valence electrons. The maximum Gasteiger partial charge on any atom is 0.323 e. The number of terminal acetylenes is 1. The van der Waals surface area contributed by atoms with Gasteiger partial charge in [0.2, 0.25) is 11.6 Å². The lowest BCUT2D eigenvalue weighted by atomic mass is 9.97. The van der Waals surface area contributed by atoms with E-state index in [1.807, 2.05) is 36.3 Å². The van der Waals surface area contributed by atoms with Gasteiger partial charge in [-0.1, -0.05) is 42.3 Å². The number of carbonyl (C=O) groups excluding carboxylic acids is 1. The Morgan fingerprint density at radius 1 is 1.28 bits per heavy atom. The zero-order valence-corrected chi connectivity index (χ0v) is 27.5. The molecular formula is C30H35FN7O6PS. The molecule has 2 aromatic carbocycles. The number of benzene rings is 2. The quantitative estimate of drug-likeness (QED) is 0.121. The summed E-state index contributed by atoms with van der Waals surface area (Å²) in [6, 6.07) is 12.0. The average molecular weight is 672 g/mol. The molecule has 3 heterocycles. The minimum absolute atomic E-state index is 0.0796. The van der Waals surface area contributed by atoms with Crippen LogP contribution in [0.15, 0.2) is 48.8 Å². The molecule has 1 aliphatic rings. The van der Waals surface area contributed by atoms with Crippen LogP contribution in [0.5, 0.6) is 5.75 Å². The van der Waals surface area contributed by atoms with Gasteiger partial charge in [0.25, 0.3) is 0 Å². The number of aromatic nitrogens is 4. The van der Waals surface area contributed by atoms with Crippen LogP contribution in [0.4, 0.5) is 16.2 Å². The molecule has 0 amide bonds. The summed E-state index contributed by atoms with van der Waals surface area (Å²) in [7, 11) is 3.48. The maximum absolute atomic E-state index is 16.5. The molecule has 4 N–H and O–H groups in total. The van der Waals surface area contributed by atoms with E-state index in [4.69, 9.17) is 42.5 Å². The third kappa shape index (κ3) is 6.50. The fraction of sp³-hybridized carbons (Fsp3) is 0.400. The first kappa shape index (κ1) is 33.5. The Morgan fingerprint density at radius 3 is 2.70 bits per heavy atom. The Bertz CT molecular complexity index is 1850. The van der Waals surface area contributed by atoms with E-state index in [2.05, 4.69) is 20.0 Å². The molecule has 2 aromatic heterocycles. The Labute approximate surface area is 270 Å². The molecule has 46 heavy (non-hydrogen) atoms. The van der Waals surface area contributed by atoms with Crippen molar-refractivity contribution in [1.29, 1.82) is 0 Å². The second kappa shape index (κ2) is 13.1. The second-order valence-electron chi connectivity index (χ2n) is 11.2. The van der Waals surface area contributed by atoms with Crippen molar-refractivity contribution in [3.8, 4) is 18.1 Å². The Balaban J connectivity index is 1.45. The van der Waals surface area contributed by atoms with Crippen LogP contribution < -0.4 is 20.2 Å². The first-order chi connectivity index (χ1) is 21.8. The number of nitrogens with zero attached hydrogens (tertiary/aromatic N) is 5. The van der Waals surface area contributed by atoms with Gasteiger partial charge in [-0.15, -0.1) is 6.42 Å². The molecule has 0 aliphatic carbocycles. The number of fused-ring (bicyclic) bond motifs is 2. The number of carbonyl (C=O) groups is 1. The Hall–Kier alpha value is -3.90. The van der Waals surface area contributed by atoms with Crippen LogP contribution in [0.3, 0.4) is 0 Å². The highest BCUT2D eigenvalue weighted by Gasteiger charge is 2.58. The number of nitrogen functional groups attached to an aromatic ring is 1. The summed E-state index contributed by atoms with van der Waals surface area (Å²) in [6.45, 7) is 0.925. The number of rotatable bonds is 11. The van der Waals surface area contributed by atoms with Crippen molar-refractivity contribution in [2.45, 2.75) is 57.0 Å². The molecule has 0 bridgehead atoms. The zero-order valence-electron chi connectivity index (χ0n) is 25.8. The van der Waals surface area contributed by atoms with Crippen LogP contribution in [-0.2, 0) is 30.6 Å². The van der Waals surface area contributed by atoms with Crippen molar-refractivity contribution >= 4 is 58.1 Å². The third-order valence-electron chi connectivity index (χ3n) is 7.20. The summed E-state index contributed by atoms with van der Waals surface area (Å²) < 4.78 is 41.4. The first-order valence-electron chi connectivity index (χ1n) is 14.3. The highest BCUT2D eigenvalue weighted by atomic mass is 32.5. The van der Waals surface area contributed by atoms with Gasteiger partial charge in [-0.05, 0) is 44.0 Å². The molecule has 4 aromatic rings. The number of nitrogens with one attached hydrogen (secondary N) is 1. The third-order valence-corrected chi connectivity index (χ3v) is 9.68. The standard InChI is InChI=1S/C30H35FN7O6PS/c1-7-30(31)24(39)22(43-28(30)38-16-33-23-25(37(5)6)34-29(32)35-26(23)38)15-41-45(46,36-18(4)27(40)42-17(2)3)44-21-14-10-12-19-11-8-9-13-20(19)21/h1,8-14,16-18,22,24,28,39H,15H2,2-6H3,(H,36,46)(H2,32,34,35)/t18-,22+,24+,28+,30+,45?/m0/s1. The first-order valence-corrected chi connectivity index (χ1v) is 17.0. The number of ether oxygens (including phenoxy) is 2. The van der Waals surface area contributed by atoms with E-state index in [0.29, 0.717) is 17.1 Å². The predicted octanol–water partition coefficient (Wildman–Crippen LogP) is 3.48. The minimum atomic E-state index is -3.62. The van der Waals surface area contributed by atoms with Crippen LogP contribution in [0.1, 0.15) is 27.0 Å². The predicted molar refractivity (Wildman–Crippen MR) is 175 cm³/mol. The number of hydrogen-bond acceptors (Lipinski definition) is 12. The number of aliphatic hydroxyl groups is 1. The van der Waals surface area contributed by atoms with E-state index in [1.54, 1.807) is 51.9 Å². The smallest absolute Gasteiger partial charge is 0.323 e. The van der Waals surface area contributed by atoms with Crippen LogP contribution in [-0.4, -0.2) is 81.3 Å². The highest BCUT2D eigenvalue weighted by molar-refractivity contribution is 8.09. The number of imidazole rings is 1. The molecule has 1 unspecified atom stereocenters. The summed E-state index contributed by atoms with van der Waals surface area (Å²) in [5.41, 5.74) is 3.66. The average Bonchev–Trinajstić information content (AvgIpc) is 3.53. The number of halogens is 1. The van der Waals surface area contributed by atoms with E-state index in [-0.39, 0.29) is 17.7 Å². The lowest BCUT2D eigenvalue weighted by molar-refractivity contribution is -0.149. The molecule has 0 radical (unpaired) electrons. The lowest BCUT2D eigenvalue weighted by Crippen LogP contribution is -2.42. The maximum atomic E-state index is 16.5. The van der Waals surface area contributed by atoms with Crippen LogP contribution in [0.25, 0.3) is 21.9 Å². The van der Waals surface area contributed by atoms with Gasteiger partial charge in [-0.25, -0.2) is 14.5 Å². The molecule has 0 spiro atoms. The van der Waals surface area contributed by atoms with Crippen molar-refractivity contribution in [3.63, 3.8) is 0 Å². The van der Waals surface area contributed by atoms with E-state index in [0.717, 1.165) is 10.8 Å². The van der Waals surface area contributed by atoms with Crippen molar-refractivity contribution in [2.75, 3.05) is 31.3 Å².